The number of pyridine rings is 2. The van der Waals surface area contributed by atoms with Crippen molar-refractivity contribution in [1.29, 1.82) is 0 Å². The van der Waals surface area contributed by atoms with Crippen LogP contribution < -0.4 is 20.4 Å². The topological polar surface area (TPSA) is 105 Å². The van der Waals surface area contributed by atoms with E-state index in [2.05, 4.69) is 43.7 Å². The van der Waals surface area contributed by atoms with E-state index in [0.29, 0.717) is 32.7 Å². The lowest BCUT2D eigenvalue weighted by Crippen LogP contribution is -2.57. The van der Waals surface area contributed by atoms with Gasteiger partial charge in [-0.25, -0.2) is 19.2 Å². The SMILES string of the molecule is Cc1cc(Nc2cc(C)[nH]n2)nc(N2CCN(C(=O)N[C@@H](C)c3ccc(N4CC(F)C4)nc3)C(C)C2)c1. The van der Waals surface area contributed by atoms with Gasteiger partial charge in [0.2, 0.25) is 0 Å². The van der Waals surface area contributed by atoms with E-state index in [1.165, 1.54) is 0 Å². The number of amides is 2. The number of hydrogen-bond acceptors (Lipinski definition) is 7. The fourth-order valence-corrected chi connectivity index (χ4v) is 4.76. The van der Waals surface area contributed by atoms with Crippen LogP contribution in [0.2, 0.25) is 0 Å². The fraction of sp³-hybridized carbons (Fsp3) is 0.462. The molecule has 2 atom stereocenters. The average Bonchev–Trinajstić information content (AvgIpc) is 3.25. The number of urea groups is 1. The van der Waals surface area contributed by atoms with Crippen molar-refractivity contribution >= 4 is 29.3 Å². The van der Waals surface area contributed by atoms with E-state index in [1.807, 2.05) is 54.8 Å². The summed E-state index contributed by atoms with van der Waals surface area (Å²) in [7, 11) is 0. The van der Waals surface area contributed by atoms with Gasteiger partial charge in [0.25, 0.3) is 0 Å². The fourth-order valence-electron chi connectivity index (χ4n) is 4.76. The highest BCUT2D eigenvalue weighted by Crippen LogP contribution is 2.24. The number of carbonyl (C=O) groups is 1. The molecule has 2 amide bonds. The van der Waals surface area contributed by atoms with Crippen LogP contribution in [0.1, 0.15) is 36.7 Å². The Hall–Kier alpha value is -3.89. The Morgan fingerprint density at radius 3 is 2.54 bits per heavy atom. The van der Waals surface area contributed by atoms with Crippen molar-refractivity contribution in [2.75, 3.05) is 47.8 Å². The predicted octanol–water partition coefficient (Wildman–Crippen LogP) is 3.70. The molecule has 0 radical (unpaired) electrons. The number of piperazine rings is 1. The molecule has 0 aromatic carbocycles. The van der Waals surface area contributed by atoms with Crippen molar-refractivity contribution in [3.05, 3.63) is 53.3 Å². The van der Waals surface area contributed by atoms with Gasteiger partial charge in [-0.05, 0) is 57.0 Å². The van der Waals surface area contributed by atoms with Crippen LogP contribution in [0, 0.1) is 13.8 Å². The maximum Gasteiger partial charge on any atom is 0.318 e. The molecule has 1 unspecified atom stereocenters. The average molecular weight is 508 g/mol. The standard InChI is InChI=1S/C26H34FN9O/c1-16-9-22(30-23-11-17(2)32-33-23)31-25(10-16)34-7-8-36(18(3)13-34)26(37)29-19(4)20-5-6-24(28-12-20)35-14-21(27)15-35/h5-6,9-12,18-19,21H,7-8,13-15H2,1-4H3,(H,29,37)(H2,30,31,32,33)/t18?,19-/m0/s1. The lowest BCUT2D eigenvalue weighted by atomic mass is 10.1. The van der Waals surface area contributed by atoms with Crippen LogP contribution in [0.15, 0.2) is 36.5 Å². The zero-order chi connectivity index (χ0) is 26.1. The summed E-state index contributed by atoms with van der Waals surface area (Å²) < 4.78 is 13.1. The van der Waals surface area contributed by atoms with Gasteiger partial charge in [-0.1, -0.05) is 6.07 Å². The number of aromatic nitrogens is 4. The van der Waals surface area contributed by atoms with Gasteiger partial charge < -0.3 is 25.3 Å². The van der Waals surface area contributed by atoms with E-state index in [4.69, 9.17) is 4.98 Å². The van der Waals surface area contributed by atoms with Crippen LogP contribution in [0.5, 0.6) is 0 Å². The Morgan fingerprint density at radius 1 is 1.08 bits per heavy atom. The van der Waals surface area contributed by atoms with Crippen LogP contribution in [-0.4, -0.2) is 76.0 Å². The van der Waals surface area contributed by atoms with Gasteiger partial charge in [0.05, 0.1) is 19.1 Å². The number of nitrogens with zero attached hydrogens (tertiary/aromatic N) is 6. The Kier molecular flexibility index (Phi) is 6.86. The number of nitrogens with one attached hydrogen (secondary N) is 3. The van der Waals surface area contributed by atoms with E-state index in [1.54, 1.807) is 6.20 Å². The Morgan fingerprint density at radius 2 is 1.89 bits per heavy atom. The molecule has 2 aliphatic rings. The van der Waals surface area contributed by atoms with Crippen molar-refractivity contribution in [1.82, 2.24) is 30.4 Å². The molecule has 5 heterocycles. The van der Waals surface area contributed by atoms with Crippen molar-refractivity contribution in [3.8, 4) is 0 Å². The second-order valence-corrected chi connectivity index (χ2v) is 10.1. The molecule has 2 fully saturated rings. The highest BCUT2D eigenvalue weighted by molar-refractivity contribution is 5.75. The second-order valence-electron chi connectivity index (χ2n) is 10.1. The molecule has 0 saturated carbocycles. The molecule has 0 spiro atoms. The molecule has 11 heteroatoms. The molecule has 196 valence electrons. The maximum atomic E-state index is 13.1. The molecule has 37 heavy (non-hydrogen) atoms. The largest absolute Gasteiger partial charge is 0.353 e. The van der Waals surface area contributed by atoms with Gasteiger partial charge in [0.1, 0.15) is 23.6 Å². The van der Waals surface area contributed by atoms with Crippen LogP contribution >= 0.6 is 0 Å². The number of hydrogen-bond donors (Lipinski definition) is 3. The van der Waals surface area contributed by atoms with Crippen molar-refractivity contribution in [2.24, 2.45) is 0 Å². The highest BCUT2D eigenvalue weighted by Gasteiger charge is 2.30. The van der Waals surface area contributed by atoms with Crippen LogP contribution in [0.4, 0.5) is 32.5 Å². The zero-order valence-corrected chi connectivity index (χ0v) is 21.7. The Balaban J connectivity index is 1.17. The minimum absolute atomic E-state index is 0.00854. The first-order chi connectivity index (χ1) is 17.7. The smallest absolute Gasteiger partial charge is 0.318 e. The van der Waals surface area contributed by atoms with Crippen LogP contribution in [0.25, 0.3) is 0 Å². The van der Waals surface area contributed by atoms with Gasteiger partial charge in [-0.3, -0.25) is 5.10 Å². The summed E-state index contributed by atoms with van der Waals surface area (Å²) in [6.45, 7) is 10.7. The Labute approximate surface area is 216 Å². The molecular formula is C26H34FN9O. The van der Waals surface area contributed by atoms with Crippen molar-refractivity contribution in [3.63, 3.8) is 0 Å². The summed E-state index contributed by atoms with van der Waals surface area (Å²) in [6.07, 6.45) is 0.987. The monoisotopic (exact) mass is 507 g/mol. The third-order valence-corrected chi connectivity index (χ3v) is 6.90. The third-order valence-electron chi connectivity index (χ3n) is 6.90. The molecule has 2 saturated heterocycles. The van der Waals surface area contributed by atoms with E-state index in [-0.39, 0.29) is 18.1 Å². The molecule has 3 aromatic heterocycles. The molecular weight excluding hydrogens is 473 g/mol. The van der Waals surface area contributed by atoms with E-state index >= 15 is 0 Å². The summed E-state index contributed by atoms with van der Waals surface area (Å²) >= 11 is 0. The number of H-pyrrole nitrogens is 1. The molecule has 10 nitrogen and oxygen atoms in total. The molecule has 3 N–H and O–H groups in total. The van der Waals surface area contributed by atoms with Gasteiger partial charge in [0.15, 0.2) is 5.82 Å². The number of aryl methyl sites for hydroxylation is 2. The number of rotatable bonds is 6. The lowest BCUT2D eigenvalue weighted by molar-refractivity contribution is 0.168. The van der Waals surface area contributed by atoms with Gasteiger partial charge in [-0.2, -0.15) is 5.10 Å². The Bertz CT molecular complexity index is 1240. The molecule has 0 bridgehead atoms. The predicted molar refractivity (Wildman–Crippen MR) is 142 cm³/mol. The normalized spacial score (nSPS) is 18.9. The van der Waals surface area contributed by atoms with Gasteiger partial charge in [0, 0.05) is 43.6 Å². The second kappa shape index (κ2) is 10.2. The quantitative estimate of drug-likeness (QED) is 0.467. The van der Waals surface area contributed by atoms with Crippen LogP contribution in [-0.2, 0) is 0 Å². The summed E-state index contributed by atoms with van der Waals surface area (Å²) in [5.41, 5.74) is 2.99. The number of carbonyl (C=O) groups excluding carboxylic acids is 1. The minimum Gasteiger partial charge on any atom is -0.353 e. The highest BCUT2D eigenvalue weighted by atomic mass is 19.1. The van der Waals surface area contributed by atoms with Gasteiger partial charge in [-0.15, -0.1) is 0 Å². The zero-order valence-electron chi connectivity index (χ0n) is 21.7. The number of anilines is 4. The number of alkyl halides is 1. The van der Waals surface area contributed by atoms with Gasteiger partial charge >= 0.3 is 6.03 Å². The van der Waals surface area contributed by atoms with E-state index < -0.39 is 6.17 Å². The first kappa shape index (κ1) is 24.8. The first-order valence-corrected chi connectivity index (χ1v) is 12.7. The lowest BCUT2D eigenvalue weighted by Gasteiger charge is -2.41. The number of aromatic amines is 1. The van der Waals surface area contributed by atoms with E-state index in [9.17, 15) is 9.18 Å². The number of halogens is 1. The summed E-state index contributed by atoms with van der Waals surface area (Å²) in [5, 5.41) is 13.5. The van der Waals surface area contributed by atoms with Crippen LogP contribution in [0.3, 0.4) is 0 Å². The maximum absolute atomic E-state index is 13.1. The minimum atomic E-state index is -0.770. The third kappa shape index (κ3) is 5.60. The van der Waals surface area contributed by atoms with Crippen molar-refractivity contribution < 1.29 is 9.18 Å². The molecule has 0 aliphatic carbocycles. The summed E-state index contributed by atoms with van der Waals surface area (Å²) in [6, 6.07) is 9.54. The summed E-state index contributed by atoms with van der Waals surface area (Å²) in [4.78, 5) is 28.3. The first-order valence-electron chi connectivity index (χ1n) is 12.7. The molecule has 5 rings (SSSR count). The molecule has 2 aliphatic heterocycles. The van der Waals surface area contributed by atoms with E-state index in [0.717, 1.165) is 40.1 Å². The van der Waals surface area contributed by atoms with Crippen molar-refractivity contribution in [2.45, 2.75) is 46.0 Å². The summed E-state index contributed by atoms with van der Waals surface area (Å²) in [5.74, 6) is 3.11. The molecule has 3 aromatic rings.